The lowest BCUT2D eigenvalue weighted by molar-refractivity contribution is 0.244. The van der Waals surface area contributed by atoms with E-state index >= 15 is 0 Å². The summed E-state index contributed by atoms with van der Waals surface area (Å²) >= 11 is 0. The van der Waals surface area contributed by atoms with Crippen LogP contribution in [0.2, 0.25) is 0 Å². The van der Waals surface area contributed by atoms with E-state index in [-0.39, 0.29) is 5.54 Å². The van der Waals surface area contributed by atoms with Crippen LogP contribution in [0.1, 0.15) is 41.5 Å². The summed E-state index contributed by atoms with van der Waals surface area (Å²) in [6.07, 6.45) is 3.15. The Bertz CT molecular complexity index is 405. The second kappa shape index (κ2) is 3.24. The summed E-state index contributed by atoms with van der Waals surface area (Å²) in [4.78, 5) is 0. The highest BCUT2D eigenvalue weighted by molar-refractivity contribution is 5.52. The van der Waals surface area contributed by atoms with E-state index in [2.05, 4.69) is 6.07 Å². The highest BCUT2D eigenvalue weighted by atomic mass is 16.3. The number of rotatable bonds is 1. The first kappa shape index (κ1) is 10.5. The summed E-state index contributed by atoms with van der Waals surface area (Å²) in [6.45, 7) is 6.01. The van der Waals surface area contributed by atoms with E-state index in [0.29, 0.717) is 5.75 Å². The molecule has 2 rings (SSSR count). The molecule has 0 atom stereocenters. The number of hydrogen-bond acceptors (Lipinski definition) is 2. The molecular formula is C13H19NO. The van der Waals surface area contributed by atoms with Crippen LogP contribution in [0.3, 0.4) is 0 Å². The summed E-state index contributed by atoms with van der Waals surface area (Å²) in [5.74, 6) is 0.412. The van der Waals surface area contributed by atoms with Crippen molar-refractivity contribution in [1.29, 1.82) is 0 Å². The van der Waals surface area contributed by atoms with E-state index in [1.54, 1.807) is 0 Å². The van der Waals surface area contributed by atoms with Gasteiger partial charge in [0.25, 0.3) is 0 Å². The van der Waals surface area contributed by atoms with Gasteiger partial charge in [-0.05, 0) is 56.7 Å². The summed E-state index contributed by atoms with van der Waals surface area (Å²) in [6, 6.07) is 2.12. The zero-order valence-electron chi connectivity index (χ0n) is 9.72. The number of hydrogen-bond donors (Lipinski definition) is 2. The number of aromatic hydroxyl groups is 1. The Kier molecular flexibility index (Phi) is 2.27. The topological polar surface area (TPSA) is 46.2 Å². The van der Waals surface area contributed by atoms with Gasteiger partial charge < -0.3 is 10.8 Å². The average molecular weight is 205 g/mol. The fourth-order valence-corrected chi connectivity index (χ4v) is 2.50. The van der Waals surface area contributed by atoms with Crippen LogP contribution in [-0.2, 0) is 5.54 Å². The van der Waals surface area contributed by atoms with Gasteiger partial charge in [-0.1, -0.05) is 6.07 Å². The molecule has 82 valence electrons. The largest absolute Gasteiger partial charge is 0.507 e. The van der Waals surface area contributed by atoms with Crippen molar-refractivity contribution in [2.75, 3.05) is 0 Å². The van der Waals surface area contributed by atoms with Crippen molar-refractivity contribution >= 4 is 0 Å². The fourth-order valence-electron chi connectivity index (χ4n) is 2.50. The van der Waals surface area contributed by atoms with Gasteiger partial charge in [-0.15, -0.1) is 0 Å². The van der Waals surface area contributed by atoms with Crippen molar-refractivity contribution in [2.45, 2.75) is 45.6 Å². The molecule has 0 amide bonds. The molecule has 0 heterocycles. The molecule has 15 heavy (non-hydrogen) atoms. The van der Waals surface area contributed by atoms with Crippen LogP contribution < -0.4 is 5.73 Å². The van der Waals surface area contributed by atoms with E-state index < -0.39 is 0 Å². The first-order chi connectivity index (χ1) is 6.96. The van der Waals surface area contributed by atoms with Gasteiger partial charge in [-0.25, -0.2) is 0 Å². The van der Waals surface area contributed by atoms with Crippen LogP contribution in [0.5, 0.6) is 5.75 Å². The molecule has 1 aromatic rings. The molecule has 2 nitrogen and oxygen atoms in total. The van der Waals surface area contributed by atoms with Crippen molar-refractivity contribution < 1.29 is 5.11 Å². The third-order valence-electron chi connectivity index (χ3n) is 3.75. The lowest BCUT2D eigenvalue weighted by Crippen LogP contribution is -2.44. The number of phenols is 1. The van der Waals surface area contributed by atoms with E-state index in [1.807, 2.05) is 20.8 Å². The standard InChI is InChI=1S/C13H19NO/c1-8-7-9(2)11(12(15)10(8)3)13(14)5-4-6-13/h7,15H,4-6,14H2,1-3H3. The highest BCUT2D eigenvalue weighted by Crippen LogP contribution is 2.45. The highest BCUT2D eigenvalue weighted by Gasteiger charge is 2.38. The molecule has 1 aliphatic carbocycles. The predicted octanol–water partition coefficient (Wildman–Crippen LogP) is 2.66. The fraction of sp³-hybridized carbons (Fsp3) is 0.538. The average Bonchev–Trinajstić information content (AvgIpc) is 2.11. The Morgan fingerprint density at radius 2 is 1.80 bits per heavy atom. The van der Waals surface area contributed by atoms with Crippen LogP contribution in [0.15, 0.2) is 6.07 Å². The Morgan fingerprint density at radius 1 is 1.20 bits per heavy atom. The zero-order valence-corrected chi connectivity index (χ0v) is 9.72. The van der Waals surface area contributed by atoms with Gasteiger partial charge in [0, 0.05) is 11.1 Å². The van der Waals surface area contributed by atoms with Gasteiger partial charge in [0.2, 0.25) is 0 Å². The van der Waals surface area contributed by atoms with Gasteiger partial charge in [-0.3, -0.25) is 0 Å². The van der Waals surface area contributed by atoms with Crippen LogP contribution in [0.4, 0.5) is 0 Å². The van der Waals surface area contributed by atoms with E-state index in [0.717, 1.165) is 35.1 Å². The molecule has 1 aliphatic rings. The lowest BCUT2D eigenvalue weighted by Gasteiger charge is -2.40. The Balaban J connectivity index is 2.61. The molecule has 0 unspecified atom stereocenters. The molecule has 1 saturated carbocycles. The monoisotopic (exact) mass is 205 g/mol. The van der Waals surface area contributed by atoms with Gasteiger partial charge in [0.05, 0.1) is 0 Å². The molecule has 1 fully saturated rings. The third-order valence-corrected chi connectivity index (χ3v) is 3.75. The smallest absolute Gasteiger partial charge is 0.124 e. The number of phenolic OH excluding ortho intramolecular Hbond substituents is 1. The van der Waals surface area contributed by atoms with E-state index in [1.165, 1.54) is 6.42 Å². The van der Waals surface area contributed by atoms with Gasteiger partial charge >= 0.3 is 0 Å². The molecule has 0 bridgehead atoms. The quantitative estimate of drug-likeness (QED) is 0.740. The molecule has 0 aliphatic heterocycles. The lowest BCUT2D eigenvalue weighted by atomic mass is 9.70. The first-order valence-electron chi connectivity index (χ1n) is 5.55. The Labute approximate surface area is 91.1 Å². The van der Waals surface area contributed by atoms with E-state index in [4.69, 9.17) is 5.73 Å². The minimum Gasteiger partial charge on any atom is -0.507 e. The first-order valence-corrected chi connectivity index (χ1v) is 5.55. The molecule has 0 radical (unpaired) electrons. The van der Waals surface area contributed by atoms with Gasteiger partial charge in [-0.2, -0.15) is 0 Å². The van der Waals surface area contributed by atoms with Crippen molar-refractivity contribution in [3.8, 4) is 5.75 Å². The van der Waals surface area contributed by atoms with Crippen molar-refractivity contribution in [3.63, 3.8) is 0 Å². The maximum Gasteiger partial charge on any atom is 0.124 e. The number of aryl methyl sites for hydroxylation is 2. The maximum atomic E-state index is 10.2. The molecule has 3 N–H and O–H groups in total. The van der Waals surface area contributed by atoms with Crippen LogP contribution in [-0.4, -0.2) is 5.11 Å². The van der Waals surface area contributed by atoms with Crippen molar-refractivity contribution in [1.82, 2.24) is 0 Å². The molecule has 1 aromatic carbocycles. The maximum absolute atomic E-state index is 10.2. The van der Waals surface area contributed by atoms with Gasteiger partial charge in [0.1, 0.15) is 5.75 Å². The SMILES string of the molecule is Cc1cc(C)c(C2(N)CCC2)c(O)c1C. The van der Waals surface area contributed by atoms with Crippen molar-refractivity contribution in [3.05, 3.63) is 28.3 Å². The number of benzene rings is 1. The Morgan fingerprint density at radius 3 is 2.27 bits per heavy atom. The minimum atomic E-state index is -0.271. The molecule has 0 aromatic heterocycles. The summed E-state index contributed by atoms with van der Waals surface area (Å²) < 4.78 is 0. The van der Waals surface area contributed by atoms with Crippen molar-refractivity contribution in [2.24, 2.45) is 5.73 Å². The second-order valence-electron chi connectivity index (χ2n) is 4.87. The molecular weight excluding hydrogens is 186 g/mol. The third kappa shape index (κ3) is 1.44. The predicted molar refractivity (Wildman–Crippen MR) is 62.0 cm³/mol. The van der Waals surface area contributed by atoms with Gasteiger partial charge in [0.15, 0.2) is 0 Å². The Hall–Kier alpha value is -1.02. The van der Waals surface area contributed by atoms with E-state index in [9.17, 15) is 5.11 Å². The normalized spacial score (nSPS) is 18.7. The molecule has 0 saturated heterocycles. The summed E-state index contributed by atoms with van der Waals surface area (Å²) in [5.41, 5.74) is 10.2. The van der Waals surface area contributed by atoms with Crippen LogP contribution in [0.25, 0.3) is 0 Å². The molecule has 0 spiro atoms. The summed E-state index contributed by atoms with van der Waals surface area (Å²) in [7, 11) is 0. The minimum absolute atomic E-state index is 0.271. The summed E-state index contributed by atoms with van der Waals surface area (Å²) in [5, 5.41) is 10.2. The van der Waals surface area contributed by atoms with Crippen LogP contribution in [0, 0.1) is 20.8 Å². The van der Waals surface area contributed by atoms with Crippen LogP contribution >= 0.6 is 0 Å². The number of nitrogens with two attached hydrogens (primary N) is 1. The molecule has 2 heteroatoms. The zero-order chi connectivity index (χ0) is 11.2. The second-order valence-corrected chi connectivity index (χ2v) is 4.87.